The molecule has 5 nitrogen and oxygen atoms in total. The van der Waals surface area contributed by atoms with Crippen molar-refractivity contribution in [2.24, 2.45) is 26.4 Å². The highest BCUT2D eigenvalue weighted by atomic mass is 35.5. The monoisotopic (exact) mass is 297 g/mol. The quantitative estimate of drug-likeness (QED) is 0.846. The van der Waals surface area contributed by atoms with Gasteiger partial charge in [-0.2, -0.15) is 4.99 Å². The number of fused-ring (bicyclic) bond motifs is 1. The molecule has 0 bridgehead atoms. The highest BCUT2D eigenvalue weighted by molar-refractivity contribution is 6.32. The van der Waals surface area contributed by atoms with Crippen LogP contribution in [0.1, 0.15) is 11.1 Å². The van der Waals surface area contributed by atoms with Crippen LogP contribution in [0.15, 0.2) is 63.5 Å². The van der Waals surface area contributed by atoms with Gasteiger partial charge in [-0.1, -0.05) is 41.9 Å². The summed E-state index contributed by atoms with van der Waals surface area (Å²) in [5.41, 5.74) is 14.5. The van der Waals surface area contributed by atoms with Gasteiger partial charge in [0.25, 0.3) is 0 Å². The van der Waals surface area contributed by atoms with E-state index in [2.05, 4.69) is 15.0 Å². The molecule has 0 fully saturated rings. The molecule has 2 aromatic carbocycles. The first-order valence-electron chi connectivity index (χ1n) is 6.26. The third-order valence-corrected chi connectivity index (χ3v) is 3.19. The van der Waals surface area contributed by atoms with Crippen molar-refractivity contribution >= 4 is 34.9 Å². The lowest BCUT2D eigenvalue weighted by Gasteiger charge is -2.12. The Hall–Kier alpha value is -2.66. The molecule has 6 heteroatoms. The van der Waals surface area contributed by atoms with E-state index >= 15 is 0 Å². The minimum absolute atomic E-state index is 0.0562. The van der Waals surface area contributed by atoms with Gasteiger partial charge in [0.1, 0.15) is 0 Å². The van der Waals surface area contributed by atoms with Gasteiger partial charge >= 0.3 is 0 Å². The zero-order chi connectivity index (χ0) is 14.8. The number of hydrogen-bond donors (Lipinski definition) is 2. The average Bonchev–Trinajstić information content (AvgIpc) is 2.46. The van der Waals surface area contributed by atoms with Crippen molar-refractivity contribution in [2.45, 2.75) is 0 Å². The number of guanidine groups is 2. The Balaban J connectivity index is 2.28. The van der Waals surface area contributed by atoms with Gasteiger partial charge in [0.05, 0.1) is 11.4 Å². The van der Waals surface area contributed by atoms with Crippen molar-refractivity contribution in [1.82, 2.24) is 0 Å². The molecule has 1 heterocycles. The standard InChI is InChI=1S/C15H12ClN5/c16-10-6-7-12-11(8-10)13(9-4-2-1-3-5-9)20-15(18)21-14(17)19-12/h1-8H,(H4,17,18,19,20,21). The molecule has 0 amide bonds. The van der Waals surface area contributed by atoms with Gasteiger partial charge in [-0.15, -0.1) is 0 Å². The second-order valence-corrected chi connectivity index (χ2v) is 4.86. The molecular weight excluding hydrogens is 286 g/mol. The summed E-state index contributed by atoms with van der Waals surface area (Å²) in [4.78, 5) is 12.6. The largest absolute Gasteiger partial charge is 0.368 e. The normalized spacial score (nSPS) is 19.2. The van der Waals surface area contributed by atoms with Crippen LogP contribution in [0.25, 0.3) is 0 Å². The first kappa shape index (κ1) is 13.3. The lowest BCUT2D eigenvalue weighted by molar-refractivity contribution is 1.35. The highest BCUT2D eigenvalue weighted by Crippen LogP contribution is 2.27. The number of nitrogens with two attached hydrogens (primary N) is 2. The molecule has 1 aliphatic rings. The second-order valence-electron chi connectivity index (χ2n) is 4.43. The van der Waals surface area contributed by atoms with Crippen LogP contribution in [0.4, 0.5) is 5.69 Å². The molecular formula is C15H12ClN5. The lowest BCUT2D eigenvalue weighted by Crippen LogP contribution is -2.21. The third-order valence-electron chi connectivity index (χ3n) is 2.95. The van der Waals surface area contributed by atoms with Crippen LogP contribution in [0.5, 0.6) is 0 Å². The summed E-state index contributed by atoms with van der Waals surface area (Å²) in [6, 6.07) is 15.0. The summed E-state index contributed by atoms with van der Waals surface area (Å²) >= 11 is 6.10. The summed E-state index contributed by atoms with van der Waals surface area (Å²) in [6.07, 6.45) is 0. The minimum atomic E-state index is 0.0562. The van der Waals surface area contributed by atoms with Gasteiger partial charge in [0.15, 0.2) is 0 Å². The van der Waals surface area contributed by atoms with Gasteiger partial charge in [0, 0.05) is 16.1 Å². The number of rotatable bonds is 1. The van der Waals surface area contributed by atoms with E-state index in [1.165, 1.54) is 0 Å². The molecule has 2 aromatic rings. The van der Waals surface area contributed by atoms with E-state index in [4.69, 9.17) is 23.1 Å². The van der Waals surface area contributed by atoms with Crippen LogP contribution < -0.4 is 11.5 Å². The van der Waals surface area contributed by atoms with Crippen molar-refractivity contribution in [2.75, 3.05) is 0 Å². The predicted molar refractivity (Wildman–Crippen MR) is 86.4 cm³/mol. The van der Waals surface area contributed by atoms with Crippen LogP contribution in [-0.2, 0) is 0 Å². The Morgan fingerprint density at radius 1 is 0.810 bits per heavy atom. The molecule has 0 saturated heterocycles. The Kier molecular flexibility index (Phi) is 3.41. The molecule has 0 radical (unpaired) electrons. The maximum absolute atomic E-state index is 6.10. The first-order chi connectivity index (χ1) is 10.1. The summed E-state index contributed by atoms with van der Waals surface area (Å²) in [5, 5.41) is 0.585. The maximum Gasteiger partial charge on any atom is 0.223 e. The van der Waals surface area contributed by atoms with Crippen molar-refractivity contribution in [1.29, 1.82) is 0 Å². The molecule has 0 atom stereocenters. The highest BCUT2D eigenvalue weighted by Gasteiger charge is 2.15. The van der Waals surface area contributed by atoms with E-state index in [9.17, 15) is 0 Å². The van der Waals surface area contributed by atoms with Gasteiger partial charge in [0.2, 0.25) is 11.9 Å². The summed E-state index contributed by atoms with van der Waals surface area (Å²) < 4.78 is 0. The summed E-state index contributed by atoms with van der Waals surface area (Å²) in [6.45, 7) is 0. The molecule has 1 aliphatic heterocycles. The van der Waals surface area contributed by atoms with E-state index in [0.717, 1.165) is 11.1 Å². The number of halogens is 1. The van der Waals surface area contributed by atoms with Gasteiger partial charge in [-0.25, -0.2) is 9.98 Å². The lowest BCUT2D eigenvalue weighted by atomic mass is 10.0. The summed E-state index contributed by atoms with van der Waals surface area (Å²) in [5.74, 6) is 0.118. The first-order valence-corrected chi connectivity index (χ1v) is 6.63. The van der Waals surface area contributed by atoms with Crippen molar-refractivity contribution in [3.05, 3.63) is 64.7 Å². The minimum Gasteiger partial charge on any atom is -0.368 e. The smallest absolute Gasteiger partial charge is 0.223 e. The van der Waals surface area contributed by atoms with Crippen LogP contribution >= 0.6 is 11.6 Å². The molecule has 21 heavy (non-hydrogen) atoms. The topological polar surface area (TPSA) is 89.1 Å². The fourth-order valence-electron chi connectivity index (χ4n) is 2.08. The fraction of sp³-hybridized carbons (Fsp3) is 0. The number of hydrogen-bond acceptors (Lipinski definition) is 5. The fourth-order valence-corrected chi connectivity index (χ4v) is 2.25. The van der Waals surface area contributed by atoms with Crippen molar-refractivity contribution in [3.63, 3.8) is 0 Å². The molecule has 0 aromatic heterocycles. The SMILES string of the molecule is NC1=Nc2ccc(Cl)cc2/C(c2ccccc2)=N\C(N)=N/1. The molecule has 104 valence electrons. The molecule has 0 spiro atoms. The Bertz CT molecular complexity index is 778. The molecule has 3 rings (SSSR count). The average molecular weight is 298 g/mol. The Morgan fingerprint density at radius 3 is 2.29 bits per heavy atom. The van der Waals surface area contributed by atoms with E-state index in [1.54, 1.807) is 18.2 Å². The predicted octanol–water partition coefficient (Wildman–Crippen LogP) is 2.45. The molecule has 0 aliphatic carbocycles. The Morgan fingerprint density at radius 2 is 1.52 bits per heavy atom. The molecule has 0 saturated carbocycles. The van der Waals surface area contributed by atoms with Crippen LogP contribution in [-0.4, -0.2) is 17.6 Å². The molecule has 4 N–H and O–H groups in total. The van der Waals surface area contributed by atoms with Crippen LogP contribution in [0.2, 0.25) is 5.02 Å². The van der Waals surface area contributed by atoms with E-state index in [-0.39, 0.29) is 11.9 Å². The number of nitrogens with zero attached hydrogens (tertiary/aromatic N) is 3. The third kappa shape index (κ3) is 2.78. The van der Waals surface area contributed by atoms with E-state index in [1.807, 2.05) is 30.3 Å². The van der Waals surface area contributed by atoms with Crippen molar-refractivity contribution < 1.29 is 0 Å². The van der Waals surface area contributed by atoms with Crippen LogP contribution in [0, 0.1) is 0 Å². The Labute approximate surface area is 126 Å². The second kappa shape index (κ2) is 5.38. The van der Waals surface area contributed by atoms with Gasteiger partial charge < -0.3 is 11.5 Å². The van der Waals surface area contributed by atoms with Gasteiger partial charge in [-0.3, -0.25) is 0 Å². The van der Waals surface area contributed by atoms with Gasteiger partial charge in [-0.05, 0) is 18.2 Å². The summed E-state index contributed by atoms with van der Waals surface area (Å²) in [7, 11) is 0. The van der Waals surface area contributed by atoms with E-state index in [0.29, 0.717) is 16.4 Å². The maximum atomic E-state index is 6.10. The van der Waals surface area contributed by atoms with Crippen LogP contribution in [0.3, 0.4) is 0 Å². The number of benzene rings is 2. The van der Waals surface area contributed by atoms with E-state index < -0.39 is 0 Å². The number of aliphatic imine (C=N–C) groups is 3. The zero-order valence-electron chi connectivity index (χ0n) is 11.0. The molecule has 0 unspecified atom stereocenters. The zero-order valence-corrected chi connectivity index (χ0v) is 11.7. The van der Waals surface area contributed by atoms with Crippen molar-refractivity contribution in [3.8, 4) is 0 Å².